The van der Waals surface area contributed by atoms with Crippen molar-refractivity contribution >= 4 is 36.1 Å². The maximum Gasteiger partial charge on any atom is 0.407 e. The van der Waals surface area contributed by atoms with Gasteiger partial charge in [-0.2, -0.15) is 15.0 Å². The minimum atomic E-state index is -0.558. The lowest BCUT2D eigenvalue weighted by Gasteiger charge is -2.19. The van der Waals surface area contributed by atoms with Crippen molar-refractivity contribution in [2.24, 2.45) is 0 Å². The minimum absolute atomic E-state index is 0.353. The van der Waals surface area contributed by atoms with Gasteiger partial charge in [-0.15, -0.1) is 0 Å². The Balaban J connectivity index is 2.61. The molecule has 0 bridgehead atoms. The van der Waals surface area contributed by atoms with Crippen molar-refractivity contribution in [2.75, 3.05) is 55.2 Å². The molecule has 0 saturated carbocycles. The first-order chi connectivity index (χ1) is 19.4. The molecule has 1 aromatic rings. The molecule has 0 aliphatic rings. The first-order valence-electron chi connectivity index (χ1n) is 14.3. The molecule has 0 unspecified atom stereocenters. The molecule has 0 spiro atoms. The molecule has 6 N–H and O–H groups in total. The molecular formula is C27H51N9O6. The maximum absolute atomic E-state index is 11.8. The molecule has 1 aromatic heterocycles. The molecule has 240 valence electrons. The first kappa shape index (κ1) is 36.2. The number of nitrogens with zero attached hydrogens (tertiary/aromatic N) is 3. The average Bonchev–Trinajstić information content (AvgIpc) is 2.80. The van der Waals surface area contributed by atoms with Crippen LogP contribution < -0.4 is 31.9 Å². The Kier molecular flexibility index (Phi) is 14.9. The standard InChI is InChI=1S/C27H51N9O6/c1-25(2,3)40-22(37)31-16-10-13-28-19-34-20(29-14-11-17-32-23(38)41-26(4,5)6)36-21(35-19)30-15-12-18-33-24(39)42-27(7,8)9/h10-18H2,1-9H3,(H,31,37)(H,32,38)(H,33,39)(H3,28,29,30,34,35,36). The van der Waals surface area contributed by atoms with E-state index in [1.165, 1.54) is 0 Å². The van der Waals surface area contributed by atoms with Crippen molar-refractivity contribution in [3.8, 4) is 0 Å². The summed E-state index contributed by atoms with van der Waals surface area (Å²) in [4.78, 5) is 48.7. The topological polar surface area (TPSA) is 190 Å². The van der Waals surface area contributed by atoms with E-state index in [-0.39, 0.29) is 0 Å². The van der Waals surface area contributed by atoms with Crippen LogP contribution >= 0.6 is 0 Å². The molecule has 1 heterocycles. The molecule has 3 amide bonds. The highest BCUT2D eigenvalue weighted by Crippen LogP contribution is 2.11. The number of ether oxygens (including phenoxy) is 3. The minimum Gasteiger partial charge on any atom is -0.444 e. The van der Waals surface area contributed by atoms with Gasteiger partial charge in [0.15, 0.2) is 0 Å². The molecule has 0 fully saturated rings. The predicted octanol–water partition coefficient (Wildman–Crippen LogP) is 3.85. The van der Waals surface area contributed by atoms with E-state index in [0.29, 0.717) is 76.4 Å². The Morgan fingerprint density at radius 2 is 0.714 bits per heavy atom. The summed E-state index contributed by atoms with van der Waals surface area (Å²) < 4.78 is 15.7. The normalized spacial score (nSPS) is 11.6. The number of nitrogens with one attached hydrogen (secondary N) is 6. The molecule has 42 heavy (non-hydrogen) atoms. The summed E-state index contributed by atoms with van der Waals surface area (Å²) in [6, 6.07) is 0. The van der Waals surface area contributed by atoms with E-state index < -0.39 is 35.1 Å². The van der Waals surface area contributed by atoms with E-state index in [9.17, 15) is 14.4 Å². The molecule has 0 atom stereocenters. The van der Waals surface area contributed by atoms with Crippen LogP contribution in [0.1, 0.15) is 81.6 Å². The van der Waals surface area contributed by atoms with Crippen LogP contribution in [-0.2, 0) is 14.2 Å². The van der Waals surface area contributed by atoms with E-state index in [1.807, 2.05) is 0 Å². The van der Waals surface area contributed by atoms with Crippen molar-refractivity contribution in [3.63, 3.8) is 0 Å². The second-order valence-electron chi connectivity index (χ2n) is 12.4. The highest BCUT2D eigenvalue weighted by atomic mass is 16.6. The molecule has 0 aliphatic carbocycles. The van der Waals surface area contributed by atoms with Gasteiger partial charge in [0.25, 0.3) is 0 Å². The third kappa shape index (κ3) is 20.2. The second-order valence-corrected chi connectivity index (χ2v) is 12.4. The van der Waals surface area contributed by atoms with Crippen molar-refractivity contribution in [1.82, 2.24) is 30.9 Å². The number of carbonyl (C=O) groups excluding carboxylic acids is 3. The number of rotatable bonds is 15. The summed E-state index contributed by atoms with van der Waals surface area (Å²) in [6.07, 6.45) is 0.434. The Morgan fingerprint density at radius 3 is 0.929 bits per heavy atom. The summed E-state index contributed by atoms with van der Waals surface area (Å²) >= 11 is 0. The number of hydrogen-bond acceptors (Lipinski definition) is 12. The molecule has 1 rings (SSSR count). The molecule has 0 aromatic carbocycles. The second kappa shape index (κ2) is 17.2. The Bertz CT molecular complexity index is 852. The summed E-state index contributed by atoms with van der Waals surface area (Å²) in [7, 11) is 0. The summed E-state index contributed by atoms with van der Waals surface area (Å²) in [5, 5.41) is 17.6. The van der Waals surface area contributed by atoms with Crippen LogP contribution in [0.5, 0.6) is 0 Å². The van der Waals surface area contributed by atoms with Gasteiger partial charge in [-0.25, -0.2) is 14.4 Å². The fourth-order valence-corrected chi connectivity index (χ4v) is 2.99. The first-order valence-corrected chi connectivity index (χ1v) is 14.3. The molecular weight excluding hydrogens is 546 g/mol. The Labute approximate surface area is 249 Å². The van der Waals surface area contributed by atoms with Gasteiger partial charge in [0.05, 0.1) is 0 Å². The summed E-state index contributed by atoms with van der Waals surface area (Å²) in [5.41, 5.74) is -1.67. The number of carbonyl (C=O) groups is 3. The van der Waals surface area contributed by atoms with E-state index in [4.69, 9.17) is 14.2 Å². The predicted molar refractivity (Wildman–Crippen MR) is 162 cm³/mol. The van der Waals surface area contributed by atoms with Gasteiger partial charge in [0.1, 0.15) is 16.8 Å². The van der Waals surface area contributed by atoms with Crippen LogP contribution in [0.4, 0.5) is 32.2 Å². The van der Waals surface area contributed by atoms with Crippen LogP contribution in [0.3, 0.4) is 0 Å². The molecule has 0 radical (unpaired) electrons. The van der Waals surface area contributed by atoms with Gasteiger partial charge in [-0.1, -0.05) is 0 Å². The van der Waals surface area contributed by atoms with E-state index in [2.05, 4.69) is 46.9 Å². The number of aromatic nitrogens is 3. The monoisotopic (exact) mass is 597 g/mol. The highest BCUT2D eigenvalue weighted by Gasteiger charge is 2.17. The van der Waals surface area contributed by atoms with Crippen LogP contribution in [0.15, 0.2) is 0 Å². The van der Waals surface area contributed by atoms with Gasteiger partial charge in [-0.3, -0.25) is 0 Å². The Morgan fingerprint density at radius 1 is 0.476 bits per heavy atom. The number of amides is 3. The molecule has 15 nitrogen and oxygen atoms in total. The maximum atomic E-state index is 11.8. The van der Waals surface area contributed by atoms with Crippen molar-refractivity contribution < 1.29 is 28.6 Å². The molecule has 0 saturated heterocycles. The van der Waals surface area contributed by atoms with E-state index in [1.54, 1.807) is 62.3 Å². The molecule has 0 aliphatic heterocycles. The SMILES string of the molecule is CC(C)(C)OC(=O)NCCCNc1nc(NCCCNC(=O)OC(C)(C)C)nc(NCCCNC(=O)OC(C)(C)C)n1. The third-order valence-corrected chi connectivity index (χ3v) is 4.55. The number of anilines is 3. The van der Waals surface area contributed by atoms with Gasteiger partial charge in [-0.05, 0) is 81.6 Å². The number of hydrogen-bond donors (Lipinski definition) is 6. The van der Waals surface area contributed by atoms with Gasteiger partial charge in [0.2, 0.25) is 17.8 Å². The lowest BCUT2D eigenvalue weighted by Crippen LogP contribution is -2.33. The van der Waals surface area contributed by atoms with E-state index in [0.717, 1.165) is 0 Å². The largest absolute Gasteiger partial charge is 0.444 e. The summed E-state index contributed by atoms with van der Waals surface area (Å²) in [5.74, 6) is 1.06. The van der Waals surface area contributed by atoms with Crippen LogP contribution in [0.25, 0.3) is 0 Å². The lowest BCUT2D eigenvalue weighted by molar-refractivity contribution is 0.0516. The van der Waals surface area contributed by atoms with Gasteiger partial charge >= 0.3 is 18.3 Å². The van der Waals surface area contributed by atoms with Crippen molar-refractivity contribution in [3.05, 3.63) is 0 Å². The van der Waals surface area contributed by atoms with Crippen LogP contribution in [-0.4, -0.2) is 89.3 Å². The third-order valence-electron chi connectivity index (χ3n) is 4.55. The van der Waals surface area contributed by atoms with Crippen molar-refractivity contribution in [2.45, 2.75) is 98.4 Å². The fraction of sp³-hybridized carbons (Fsp3) is 0.778. The molecule has 15 heteroatoms. The van der Waals surface area contributed by atoms with Crippen molar-refractivity contribution in [1.29, 1.82) is 0 Å². The number of alkyl carbamates (subject to hydrolysis) is 3. The average molecular weight is 598 g/mol. The van der Waals surface area contributed by atoms with E-state index >= 15 is 0 Å². The fourth-order valence-electron chi connectivity index (χ4n) is 2.99. The van der Waals surface area contributed by atoms with Gasteiger partial charge < -0.3 is 46.1 Å². The highest BCUT2D eigenvalue weighted by molar-refractivity contribution is 5.68. The Hall–Kier alpha value is -3.78. The lowest BCUT2D eigenvalue weighted by atomic mass is 10.2. The zero-order valence-corrected chi connectivity index (χ0v) is 26.7. The quantitative estimate of drug-likeness (QED) is 0.127. The zero-order chi connectivity index (χ0) is 31.8. The van der Waals surface area contributed by atoms with Crippen LogP contribution in [0, 0.1) is 0 Å². The summed E-state index contributed by atoms with van der Waals surface area (Å²) in [6.45, 7) is 19.0. The van der Waals surface area contributed by atoms with Gasteiger partial charge in [0, 0.05) is 39.3 Å². The zero-order valence-electron chi connectivity index (χ0n) is 26.7. The smallest absolute Gasteiger partial charge is 0.407 e. The van der Waals surface area contributed by atoms with Crippen LogP contribution in [0.2, 0.25) is 0 Å².